The number of guanidine groups is 1. The Morgan fingerprint density at radius 3 is 2.90 bits per heavy atom. The van der Waals surface area contributed by atoms with Gasteiger partial charge in [0.2, 0.25) is 0 Å². The van der Waals surface area contributed by atoms with Crippen LogP contribution < -0.4 is 10.6 Å². The smallest absolute Gasteiger partial charge is 0.191 e. The Labute approximate surface area is 126 Å². The lowest BCUT2D eigenvalue weighted by molar-refractivity contribution is 0.129. The number of aromatic nitrogens is 1. The number of hydrogen-bond acceptors (Lipinski definition) is 4. The van der Waals surface area contributed by atoms with Gasteiger partial charge >= 0.3 is 0 Å². The fourth-order valence-corrected chi connectivity index (χ4v) is 1.85. The molecule has 1 aliphatic rings. The zero-order valence-corrected chi connectivity index (χ0v) is 13.2. The summed E-state index contributed by atoms with van der Waals surface area (Å²) >= 11 is 0. The fraction of sp³-hybridized carbons (Fsp3) is 0.733. The summed E-state index contributed by atoms with van der Waals surface area (Å²) in [6, 6.07) is 1.98. The Morgan fingerprint density at radius 2 is 2.29 bits per heavy atom. The Kier molecular flexibility index (Phi) is 6.04. The molecule has 0 radical (unpaired) electrons. The van der Waals surface area contributed by atoms with Crippen molar-refractivity contribution in [2.45, 2.75) is 39.2 Å². The summed E-state index contributed by atoms with van der Waals surface area (Å²) in [5, 5.41) is 10.4. The van der Waals surface area contributed by atoms with Crippen LogP contribution >= 0.6 is 0 Å². The lowest BCUT2D eigenvalue weighted by Crippen LogP contribution is -2.38. The molecule has 1 fully saturated rings. The van der Waals surface area contributed by atoms with Crippen molar-refractivity contribution in [1.29, 1.82) is 0 Å². The standard InChI is InChI=1S/C15H26N4O2/c1-11(2)14-8-13(21-19-14)9-18-15(16-3)17-6-7-20-10-12-4-5-12/h8,11-12H,4-7,9-10H2,1-3H3,(H2,16,17,18). The van der Waals surface area contributed by atoms with Crippen LogP contribution in [0.25, 0.3) is 0 Å². The fourth-order valence-electron chi connectivity index (χ4n) is 1.85. The van der Waals surface area contributed by atoms with Gasteiger partial charge in [0.25, 0.3) is 0 Å². The van der Waals surface area contributed by atoms with E-state index in [4.69, 9.17) is 9.26 Å². The molecule has 1 heterocycles. The normalized spacial score (nSPS) is 15.5. The summed E-state index contributed by atoms with van der Waals surface area (Å²) < 4.78 is 10.8. The van der Waals surface area contributed by atoms with Crippen molar-refractivity contribution in [3.05, 3.63) is 17.5 Å². The van der Waals surface area contributed by atoms with Crippen molar-refractivity contribution in [3.8, 4) is 0 Å². The van der Waals surface area contributed by atoms with E-state index in [1.807, 2.05) is 6.07 Å². The first kappa shape index (κ1) is 15.8. The van der Waals surface area contributed by atoms with Crippen LogP contribution in [-0.4, -0.2) is 37.9 Å². The van der Waals surface area contributed by atoms with Crippen molar-refractivity contribution in [1.82, 2.24) is 15.8 Å². The summed E-state index contributed by atoms with van der Waals surface area (Å²) in [6.45, 7) is 7.11. The van der Waals surface area contributed by atoms with E-state index in [0.29, 0.717) is 19.1 Å². The number of nitrogens with one attached hydrogen (secondary N) is 2. The summed E-state index contributed by atoms with van der Waals surface area (Å²) in [6.07, 6.45) is 2.65. The van der Waals surface area contributed by atoms with Gasteiger partial charge in [-0.25, -0.2) is 0 Å². The molecule has 6 nitrogen and oxygen atoms in total. The Balaban J connectivity index is 1.61. The molecule has 0 unspecified atom stereocenters. The van der Waals surface area contributed by atoms with Crippen LogP contribution in [0.1, 0.15) is 44.1 Å². The number of hydrogen-bond donors (Lipinski definition) is 2. The van der Waals surface area contributed by atoms with Gasteiger partial charge in [0.15, 0.2) is 11.7 Å². The zero-order valence-electron chi connectivity index (χ0n) is 13.2. The molecule has 0 spiro atoms. The van der Waals surface area contributed by atoms with Crippen molar-refractivity contribution < 1.29 is 9.26 Å². The van der Waals surface area contributed by atoms with Crippen LogP contribution in [0.4, 0.5) is 0 Å². The molecule has 1 aromatic rings. The third kappa shape index (κ3) is 5.75. The predicted octanol–water partition coefficient (Wildman–Crippen LogP) is 1.89. The van der Waals surface area contributed by atoms with E-state index < -0.39 is 0 Å². The summed E-state index contributed by atoms with van der Waals surface area (Å²) in [4.78, 5) is 4.17. The largest absolute Gasteiger partial charge is 0.379 e. The molecule has 0 aliphatic heterocycles. The van der Waals surface area contributed by atoms with Crippen LogP contribution in [0.5, 0.6) is 0 Å². The van der Waals surface area contributed by atoms with Gasteiger partial charge in [-0.1, -0.05) is 19.0 Å². The molecule has 2 N–H and O–H groups in total. The van der Waals surface area contributed by atoms with E-state index in [2.05, 4.69) is 34.6 Å². The molecule has 1 aliphatic carbocycles. The summed E-state index contributed by atoms with van der Waals surface area (Å²) in [5.74, 6) is 2.74. The minimum absolute atomic E-state index is 0.378. The van der Waals surface area contributed by atoms with Crippen LogP contribution in [0.15, 0.2) is 15.6 Å². The second-order valence-corrected chi connectivity index (χ2v) is 5.74. The molecule has 21 heavy (non-hydrogen) atoms. The molecule has 1 aromatic heterocycles. The lowest BCUT2D eigenvalue weighted by Gasteiger charge is -2.10. The molecule has 6 heteroatoms. The van der Waals surface area contributed by atoms with Gasteiger partial charge in [0.05, 0.1) is 18.8 Å². The number of nitrogens with zero attached hydrogens (tertiary/aromatic N) is 2. The topological polar surface area (TPSA) is 71.7 Å². The molecule has 0 aromatic carbocycles. The van der Waals surface area contributed by atoms with Crippen molar-refractivity contribution in [3.63, 3.8) is 0 Å². The van der Waals surface area contributed by atoms with E-state index >= 15 is 0 Å². The number of rotatable bonds is 8. The van der Waals surface area contributed by atoms with Gasteiger partial charge in [0.1, 0.15) is 0 Å². The molecule has 1 saturated carbocycles. The molecule has 0 amide bonds. The first-order valence-corrected chi connectivity index (χ1v) is 7.66. The second kappa shape index (κ2) is 8.02. The SMILES string of the molecule is CN=C(NCCOCC1CC1)NCc1cc(C(C)C)no1. The highest BCUT2D eigenvalue weighted by molar-refractivity contribution is 5.79. The third-order valence-corrected chi connectivity index (χ3v) is 3.41. The van der Waals surface area contributed by atoms with Gasteiger partial charge in [-0.05, 0) is 24.7 Å². The first-order valence-electron chi connectivity index (χ1n) is 7.66. The highest BCUT2D eigenvalue weighted by atomic mass is 16.5. The molecular weight excluding hydrogens is 268 g/mol. The Bertz CT molecular complexity index is 452. The number of ether oxygens (including phenoxy) is 1. The lowest BCUT2D eigenvalue weighted by atomic mass is 10.1. The maximum absolute atomic E-state index is 5.57. The quantitative estimate of drug-likeness (QED) is 0.435. The highest BCUT2D eigenvalue weighted by Crippen LogP contribution is 2.28. The van der Waals surface area contributed by atoms with Gasteiger partial charge < -0.3 is 19.9 Å². The van der Waals surface area contributed by atoms with Crippen molar-refractivity contribution in [2.75, 3.05) is 26.8 Å². The van der Waals surface area contributed by atoms with E-state index in [9.17, 15) is 0 Å². The highest BCUT2D eigenvalue weighted by Gasteiger charge is 2.20. The zero-order chi connectivity index (χ0) is 15.1. The van der Waals surface area contributed by atoms with E-state index in [1.54, 1.807) is 7.05 Å². The van der Waals surface area contributed by atoms with E-state index in [1.165, 1.54) is 12.8 Å². The molecule has 0 bridgehead atoms. The monoisotopic (exact) mass is 294 g/mol. The van der Waals surface area contributed by atoms with E-state index in [-0.39, 0.29) is 0 Å². The van der Waals surface area contributed by atoms with Gasteiger partial charge in [0, 0.05) is 26.3 Å². The van der Waals surface area contributed by atoms with Crippen LogP contribution in [0.2, 0.25) is 0 Å². The van der Waals surface area contributed by atoms with Crippen molar-refractivity contribution >= 4 is 5.96 Å². The van der Waals surface area contributed by atoms with Gasteiger partial charge in [-0.15, -0.1) is 0 Å². The Hall–Kier alpha value is -1.56. The maximum atomic E-state index is 5.57. The molecular formula is C15H26N4O2. The predicted molar refractivity (Wildman–Crippen MR) is 82.3 cm³/mol. The summed E-state index contributed by atoms with van der Waals surface area (Å²) in [5.41, 5.74) is 0.975. The maximum Gasteiger partial charge on any atom is 0.191 e. The van der Waals surface area contributed by atoms with Crippen LogP contribution in [0, 0.1) is 5.92 Å². The van der Waals surface area contributed by atoms with Crippen LogP contribution in [0.3, 0.4) is 0 Å². The van der Waals surface area contributed by atoms with Gasteiger partial charge in [-0.3, -0.25) is 4.99 Å². The second-order valence-electron chi connectivity index (χ2n) is 5.74. The first-order chi connectivity index (χ1) is 10.2. The molecule has 118 valence electrons. The molecule has 2 rings (SSSR count). The molecule has 0 atom stereocenters. The minimum atomic E-state index is 0.378. The third-order valence-electron chi connectivity index (χ3n) is 3.41. The minimum Gasteiger partial charge on any atom is -0.379 e. The molecule has 0 saturated heterocycles. The van der Waals surface area contributed by atoms with Crippen LogP contribution in [-0.2, 0) is 11.3 Å². The average molecular weight is 294 g/mol. The average Bonchev–Trinajstić information content (AvgIpc) is 3.17. The Morgan fingerprint density at radius 1 is 1.48 bits per heavy atom. The van der Waals surface area contributed by atoms with E-state index in [0.717, 1.165) is 36.5 Å². The van der Waals surface area contributed by atoms with Crippen molar-refractivity contribution in [2.24, 2.45) is 10.9 Å². The number of aliphatic imine (C=N–C) groups is 1. The van der Waals surface area contributed by atoms with Gasteiger partial charge in [-0.2, -0.15) is 0 Å². The summed E-state index contributed by atoms with van der Waals surface area (Å²) in [7, 11) is 1.75.